The Bertz CT molecular complexity index is 1720. The quantitative estimate of drug-likeness (QED) is 0.0208. The molecular weight excluding hydrogens is 1080 g/mol. The van der Waals surface area contributed by atoms with Gasteiger partial charge in [0.05, 0.1) is 38.6 Å². The molecule has 17 atom stereocenters. The second-order valence-corrected chi connectivity index (χ2v) is 23.6. The minimum absolute atomic E-state index is 0.238. The van der Waals surface area contributed by atoms with E-state index in [9.17, 15) is 61.0 Å². The van der Waals surface area contributed by atoms with Crippen LogP contribution in [-0.2, 0) is 33.2 Å². The lowest BCUT2D eigenvalue weighted by atomic mass is 9.96. The smallest absolute Gasteiger partial charge is 0.220 e. The lowest BCUT2D eigenvalue weighted by Gasteiger charge is -2.48. The molecular formula is C65H117NO18. The fourth-order valence-electron chi connectivity index (χ4n) is 11.0. The van der Waals surface area contributed by atoms with E-state index in [1.165, 1.54) is 128 Å². The normalized spacial score (nSPS) is 29.5. The van der Waals surface area contributed by atoms with Gasteiger partial charge in [0.2, 0.25) is 5.91 Å². The molecule has 3 aliphatic heterocycles. The summed E-state index contributed by atoms with van der Waals surface area (Å²) in [6, 6.07) is -0.976. The van der Waals surface area contributed by atoms with Gasteiger partial charge in [-0.1, -0.05) is 210 Å². The Morgan fingerprint density at radius 3 is 1.23 bits per heavy atom. The number of aliphatic hydroxyl groups is 11. The summed E-state index contributed by atoms with van der Waals surface area (Å²) in [5.41, 5.74) is 0. The second-order valence-electron chi connectivity index (χ2n) is 23.6. The van der Waals surface area contributed by atoms with E-state index in [0.717, 1.165) is 70.6 Å². The zero-order valence-corrected chi connectivity index (χ0v) is 51.4. The topological polar surface area (TPSA) is 307 Å². The van der Waals surface area contributed by atoms with Crippen LogP contribution < -0.4 is 5.32 Å². The Morgan fingerprint density at radius 2 is 0.786 bits per heavy atom. The summed E-state index contributed by atoms with van der Waals surface area (Å²) in [4.78, 5) is 13.4. The van der Waals surface area contributed by atoms with Gasteiger partial charge >= 0.3 is 0 Å². The SMILES string of the molecule is CCCCCCC/C=C\C/C=C\C/C=C\CCCCCCCCCCCCC(=O)NC(COC1OC(CO)C(OC2OC(CO)C(OC3OC(CO)C(O)C(O)C3O)C(O)C2O)C(O)C1O)C(O)/C=C/CCCCCCCCCCCCCC. The van der Waals surface area contributed by atoms with Crippen LogP contribution in [0.4, 0.5) is 0 Å². The van der Waals surface area contributed by atoms with Gasteiger partial charge in [-0.05, 0) is 57.8 Å². The maximum absolute atomic E-state index is 13.4. The Morgan fingerprint density at radius 1 is 0.429 bits per heavy atom. The van der Waals surface area contributed by atoms with E-state index in [0.29, 0.717) is 6.42 Å². The van der Waals surface area contributed by atoms with Gasteiger partial charge in [-0.25, -0.2) is 0 Å². The Balaban J connectivity index is 1.45. The van der Waals surface area contributed by atoms with Crippen LogP contribution in [0.5, 0.6) is 0 Å². The Hall–Kier alpha value is -2.25. The summed E-state index contributed by atoms with van der Waals surface area (Å²) >= 11 is 0. The monoisotopic (exact) mass is 1200 g/mol. The highest BCUT2D eigenvalue weighted by atomic mass is 16.8. The molecule has 0 aromatic heterocycles. The van der Waals surface area contributed by atoms with Crippen LogP contribution in [0, 0.1) is 0 Å². The zero-order chi connectivity index (χ0) is 61.2. The number of aliphatic hydroxyl groups excluding tert-OH is 11. The summed E-state index contributed by atoms with van der Waals surface area (Å²) in [5.74, 6) is -0.281. The Kier molecular flexibility index (Phi) is 43.2. The van der Waals surface area contributed by atoms with Crippen molar-refractivity contribution in [1.82, 2.24) is 5.32 Å². The molecule has 3 saturated heterocycles. The summed E-state index contributed by atoms with van der Waals surface area (Å²) < 4.78 is 34.3. The van der Waals surface area contributed by atoms with Crippen molar-refractivity contribution < 1.29 is 89.4 Å². The molecule has 19 heteroatoms. The van der Waals surface area contributed by atoms with Gasteiger partial charge in [0.1, 0.15) is 73.2 Å². The zero-order valence-electron chi connectivity index (χ0n) is 51.4. The number of amides is 1. The van der Waals surface area contributed by atoms with Crippen molar-refractivity contribution in [3.05, 3.63) is 48.6 Å². The first kappa shape index (κ1) is 76.0. The number of carbonyl (C=O) groups is 1. The lowest BCUT2D eigenvalue weighted by Crippen LogP contribution is -2.66. The molecule has 19 nitrogen and oxygen atoms in total. The van der Waals surface area contributed by atoms with E-state index in [-0.39, 0.29) is 18.9 Å². The molecule has 3 aliphatic rings. The second kappa shape index (κ2) is 47.7. The summed E-state index contributed by atoms with van der Waals surface area (Å²) in [5, 5.41) is 120. The molecule has 17 unspecified atom stereocenters. The van der Waals surface area contributed by atoms with Crippen molar-refractivity contribution >= 4 is 5.91 Å². The van der Waals surface area contributed by atoms with Crippen LogP contribution >= 0.6 is 0 Å². The minimum atomic E-state index is -1.98. The van der Waals surface area contributed by atoms with Gasteiger partial charge in [0.25, 0.3) is 0 Å². The highest BCUT2D eigenvalue weighted by Crippen LogP contribution is 2.33. The molecule has 3 rings (SSSR count). The van der Waals surface area contributed by atoms with E-state index in [1.807, 2.05) is 6.08 Å². The highest BCUT2D eigenvalue weighted by Gasteiger charge is 2.53. The van der Waals surface area contributed by atoms with E-state index < -0.39 is 124 Å². The maximum atomic E-state index is 13.4. The number of hydrogen-bond acceptors (Lipinski definition) is 18. The highest BCUT2D eigenvalue weighted by molar-refractivity contribution is 5.76. The minimum Gasteiger partial charge on any atom is -0.394 e. The van der Waals surface area contributed by atoms with Crippen LogP contribution in [0.25, 0.3) is 0 Å². The van der Waals surface area contributed by atoms with E-state index in [2.05, 4.69) is 55.6 Å². The number of unbranched alkanes of at least 4 members (excludes halogenated alkanes) is 27. The summed E-state index contributed by atoms with van der Waals surface area (Å²) in [7, 11) is 0. The van der Waals surface area contributed by atoms with Crippen molar-refractivity contribution in [2.75, 3.05) is 26.4 Å². The van der Waals surface area contributed by atoms with Crippen molar-refractivity contribution in [2.24, 2.45) is 0 Å². The molecule has 1 amide bonds. The van der Waals surface area contributed by atoms with E-state index >= 15 is 0 Å². The molecule has 84 heavy (non-hydrogen) atoms. The first-order valence-electron chi connectivity index (χ1n) is 32.9. The summed E-state index contributed by atoms with van der Waals surface area (Å²) in [6.07, 6.45) is 28.0. The largest absolute Gasteiger partial charge is 0.394 e. The third-order valence-electron chi connectivity index (χ3n) is 16.4. The van der Waals surface area contributed by atoms with Crippen LogP contribution in [0.1, 0.15) is 226 Å². The third kappa shape index (κ3) is 30.3. The third-order valence-corrected chi connectivity index (χ3v) is 16.4. The number of rotatable bonds is 49. The predicted octanol–water partition coefficient (Wildman–Crippen LogP) is 7.43. The predicted molar refractivity (Wildman–Crippen MR) is 323 cm³/mol. The maximum Gasteiger partial charge on any atom is 0.220 e. The van der Waals surface area contributed by atoms with Gasteiger partial charge in [0, 0.05) is 6.42 Å². The van der Waals surface area contributed by atoms with E-state index in [4.69, 9.17) is 28.4 Å². The molecule has 490 valence electrons. The molecule has 0 aromatic rings. The van der Waals surface area contributed by atoms with Crippen molar-refractivity contribution in [3.8, 4) is 0 Å². The molecule has 12 N–H and O–H groups in total. The van der Waals surface area contributed by atoms with Crippen molar-refractivity contribution in [3.63, 3.8) is 0 Å². The number of ether oxygens (including phenoxy) is 6. The number of hydrogen-bond donors (Lipinski definition) is 12. The molecule has 3 heterocycles. The standard InChI is InChI=1S/C65H117NO18/c1-3-5-7-9-11-13-15-17-19-20-21-22-23-24-25-26-27-28-29-31-33-35-37-39-41-43-53(71)66-48(49(70)42-40-38-36-34-32-30-18-16-14-12-10-8-6-4-2)47-79-63-59(77)56(74)61(51(45-68)81-63)84-65-60(78)57(75)62(52(46-69)82-65)83-64-58(76)55(73)54(72)50(44-67)80-64/h15,17,20-21,23-24,40,42,48-52,54-65,67-70,72-78H,3-14,16,18-19,22,25-39,41,43-47H2,1-2H3,(H,66,71)/b17-15-,21-20-,24-23-,42-40+. The van der Waals surface area contributed by atoms with Crippen LogP contribution in [0.3, 0.4) is 0 Å². The fraction of sp³-hybridized carbons (Fsp3) is 0.862. The first-order valence-corrected chi connectivity index (χ1v) is 32.9. The van der Waals surface area contributed by atoms with Gasteiger partial charge < -0.3 is 89.9 Å². The fourth-order valence-corrected chi connectivity index (χ4v) is 11.0. The first-order chi connectivity index (χ1) is 40.8. The van der Waals surface area contributed by atoms with Crippen molar-refractivity contribution in [1.29, 1.82) is 0 Å². The molecule has 0 aromatic carbocycles. The average Bonchev–Trinajstić information content (AvgIpc) is 3.68. The number of allylic oxidation sites excluding steroid dienone is 7. The Labute approximate surface area is 503 Å². The average molecular weight is 1200 g/mol. The molecule has 0 radical (unpaired) electrons. The van der Waals surface area contributed by atoms with Crippen LogP contribution in [-0.4, -0.2) is 193 Å². The van der Waals surface area contributed by atoms with Gasteiger partial charge in [-0.2, -0.15) is 0 Å². The molecule has 0 spiro atoms. The number of nitrogens with one attached hydrogen (secondary N) is 1. The van der Waals surface area contributed by atoms with Crippen LogP contribution in [0.15, 0.2) is 48.6 Å². The molecule has 0 saturated carbocycles. The van der Waals surface area contributed by atoms with E-state index in [1.54, 1.807) is 6.08 Å². The van der Waals surface area contributed by atoms with Gasteiger partial charge in [-0.3, -0.25) is 4.79 Å². The number of carbonyl (C=O) groups excluding carboxylic acids is 1. The van der Waals surface area contributed by atoms with Gasteiger partial charge in [0.15, 0.2) is 18.9 Å². The molecule has 3 fully saturated rings. The summed E-state index contributed by atoms with van der Waals surface area (Å²) in [6.45, 7) is 1.71. The van der Waals surface area contributed by atoms with Crippen LogP contribution in [0.2, 0.25) is 0 Å². The van der Waals surface area contributed by atoms with Crippen molar-refractivity contribution in [2.45, 2.75) is 330 Å². The van der Waals surface area contributed by atoms with Gasteiger partial charge in [-0.15, -0.1) is 0 Å². The molecule has 0 bridgehead atoms. The molecule has 0 aliphatic carbocycles. The lowest BCUT2D eigenvalue weighted by molar-refractivity contribution is -0.379.